The number of hydrogen-bond donors (Lipinski definition) is 0. The van der Waals surface area contributed by atoms with Crippen molar-refractivity contribution in [3.05, 3.63) is 78.0 Å². The Bertz CT molecular complexity index is 1080. The molecule has 3 aromatic rings. The van der Waals surface area contributed by atoms with Gasteiger partial charge in [-0.25, -0.2) is 13.4 Å². The number of nitrogens with zero attached hydrogens (tertiary/aromatic N) is 2. The lowest BCUT2D eigenvalue weighted by molar-refractivity contribution is -0.367. The van der Waals surface area contributed by atoms with Crippen LogP contribution in [0.25, 0.3) is 0 Å². The highest BCUT2D eigenvalue weighted by Crippen LogP contribution is 2.24. The van der Waals surface area contributed by atoms with Crippen LogP contribution in [0.15, 0.2) is 71.8 Å². The average Bonchev–Trinajstić information content (AvgIpc) is 2.75. The van der Waals surface area contributed by atoms with E-state index in [1.54, 1.807) is 37.6 Å². The molecule has 6 nitrogen and oxygen atoms in total. The zero-order valence-electron chi connectivity index (χ0n) is 17.8. The van der Waals surface area contributed by atoms with Crippen molar-refractivity contribution in [1.29, 1.82) is 0 Å². The minimum atomic E-state index is -3.66. The number of nitrogens with one attached hydrogen (secondary N) is 1. The van der Waals surface area contributed by atoms with Gasteiger partial charge in [0.25, 0.3) is 15.8 Å². The lowest BCUT2D eigenvalue weighted by Crippen LogP contribution is -2.32. The molecule has 7 heteroatoms. The molecular formula is C23H28N3O3S+. The number of aromatic nitrogens is 1. The fourth-order valence-electron chi connectivity index (χ4n) is 3.38. The number of para-hydroxylation sites is 1. The number of ether oxygens (including phenoxy) is 1. The Hall–Kier alpha value is -3.06. The van der Waals surface area contributed by atoms with Crippen molar-refractivity contribution in [3.8, 4) is 5.75 Å². The molecule has 0 atom stereocenters. The molecule has 0 unspecified atom stereocenters. The summed E-state index contributed by atoms with van der Waals surface area (Å²) in [5.41, 5.74) is 2.87. The normalized spacial score (nSPS) is 11.2. The van der Waals surface area contributed by atoms with Crippen molar-refractivity contribution in [1.82, 2.24) is 0 Å². The van der Waals surface area contributed by atoms with Crippen LogP contribution in [0.5, 0.6) is 5.75 Å². The van der Waals surface area contributed by atoms with Crippen LogP contribution in [-0.2, 0) is 16.6 Å². The summed E-state index contributed by atoms with van der Waals surface area (Å²) in [6, 6.07) is 18.6. The van der Waals surface area contributed by atoms with Crippen LogP contribution in [0, 0.1) is 6.92 Å². The molecule has 0 aliphatic carbocycles. The van der Waals surface area contributed by atoms with Crippen LogP contribution in [0.3, 0.4) is 0 Å². The summed E-state index contributed by atoms with van der Waals surface area (Å²) in [5, 5.41) is 0. The minimum absolute atomic E-state index is 0.221. The highest BCUT2D eigenvalue weighted by atomic mass is 32.2. The predicted molar refractivity (Wildman–Crippen MR) is 119 cm³/mol. The van der Waals surface area contributed by atoms with Crippen LogP contribution < -0.4 is 18.9 Å². The van der Waals surface area contributed by atoms with Gasteiger partial charge in [-0.3, -0.25) is 9.21 Å². The minimum Gasteiger partial charge on any atom is -0.496 e. The van der Waals surface area contributed by atoms with E-state index >= 15 is 0 Å². The zero-order chi connectivity index (χ0) is 21.7. The van der Waals surface area contributed by atoms with Gasteiger partial charge < -0.3 is 4.74 Å². The van der Waals surface area contributed by atoms with Crippen LogP contribution in [-0.4, -0.2) is 29.1 Å². The van der Waals surface area contributed by atoms with E-state index in [0.717, 1.165) is 22.7 Å². The van der Waals surface area contributed by atoms with E-state index in [1.807, 2.05) is 56.1 Å². The van der Waals surface area contributed by atoms with Gasteiger partial charge in [0.15, 0.2) is 0 Å². The smallest absolute Gasteiger partial charge is 0.274 e. The molecule has 0 fully saturated rings. The molecule has 3 rings (SSSR count). The summed E-state index contributed by atoms with van der Waals surface area (Å²) in [7, 11) is -0.0509. The van der Waals surface area contributed by atoms with Crippen molar-refractivity contribution in [3.63, 3.8) is 0 Å². The molecule has 0 saturated heterocycles. The first-order valence-corrected chi connectivity index (χ1v) is 11.2. The number of sulfonamides is 1. The lowest BCUT2D eigenvalue weighted by atomic mass is 10.1. The molecule has 2 aromatic carbocycles. The Morgan fingerprint density at radius 2 is 1.77 bits per heavy atom. The monoisotopic (exact) mass is 426 g/mol. The molecule has 0 spiro atoms. The van der Waals surface area contributed by atoms with Crippen molar-refractivity contribution >= 4 is 21.5 Å². The molecular weight excluding hydrogens is 398 g/mol. The Kier molecular flexibility index (Phi) is 6.62. The summed E-state index contributed by atoms with van der Waals surface area (Å²) in [5.74, 6) is 1.63. The number of anilines is 2. The van der Waals surface area contributed by atoms with Crippen LogP contribution in [0.4, 0.5) is 11.5 Å². The van der Waals surface area contributed by atoms with Crippen LogP contribution in [0.1, 0.15) is 18.1 Å². The number of hydrogen-bond acceptors (Lipinski definition) is 4. The highest BCUT2D eigenvalue weighted by Gasteiger charge is 2.25. The SMILES string of the molecule is CCN(c1ccccc1)S(=O)(=O)c1ccc(N(C)Cc2cc(C)ccc2OC)[nH+]c1. The summed E-state index contributed by atoms with van der Waals surface area (Å²) < 4.78 is 33.1. The first-order chi connectivity index (χ1) is 14.4. The predicted octanol–water partition coefficient (Wildman–Crippen LogP) is 3.67. The number of methoxy groups -OCH3 is 1. The molecule has 1 aromatic heterocycles. The quantitative estimate of drug-likeness (QED) is 0.551. The number of benzene rings is 2. The molecule has 0 amide bonds. The molecule has 0 saturated carbocycles. The third-order valence-electron chi connectivity index (χ3n) is 4.94. The highest BCUT2D eigenvalue weighted by molar-refractivity contribution is 7.92. The fourth-order valence-corrected chi connectivity index (χ4v) is 4.83. The summed E-state index contributed by atoms with van der Waals surface area (Å²) in [6.45, 7) is 4.84. The number of aromatic amines is 1. The van der Waals surface area contributed by atoms with E-state index in [1.165, 1.54) is 4.31 Å². The molecule has 0 aliphatic rings. The van der Waals surface area contributed by atoms with E-state index in [-0.39, 0.29) is 4.90 Å². The second-order valence-electron chi connectivity index (χ2n) is 7.09. The van der Waals surface area contributed by atoms with Gasteiger partial charge in [-0.2, -0.15) is 0 Å². The van der Waals surface area contributed by atoms with E-state index in [2.05, 4.69) is 11.1 Å². The maximum atomic E-state index is 13.1. The summed E-state index contributed by atoms with van der Waals surface area (Å²) >= 11 is 0. The number of rotatable bonds is 8. The second-order valence-corrected chi connectivity index (χ2v) is 8.95. The van der Waals surface area contributed by atoms with Gasteiger partial charge in [-0.05, 0) is 44.2 Å². The maximum absolute atomic E-state index is 13.1. The van der Waals surface area contributed by atoms with Gasteiger partial charge in [-0.1, -0.05) is 29.8 Å². The fraction of sp³-hybridized carbons (Fsp3) is 0.261. The van der Waals surface area contributed by atoms with Crippen molar-refractivity contribution in [2.45, 2.75) is 25.3 Å². The number of H-pyrrole nitrogens is 1. The van der Waals surface area contributed by atoms with Crippen molar-refractivity contribution in [2.24, 2.45) is 0 Å². The topological polar surface area (TPSA) is 64.0 Å². The molecule has 0 aliphatic heterocycles. The molecule has 158 valence electrons. The summed E-state index contributed by atoms with van der Waals surface area (Å²) in [4.78, 5) is 5.36. The van der Waals surface area contributed by atoms with E-state index < -0.39 is 10.0 Å². The lowest BCUT2D eigenvalue weighted by Gasteiger charge is -2.22. The van der Waals surface area contributed by atoms with Gasteiger partial charge >= 0.3 is 0 Å². The molecule has 1 N–H and O–H groups in total. The number of pyridine rings is 1. The average molecular weight is 427 g/mol. The standard InChI is InChI=1S/C23H27N3O3S/c1-5-26(20-9-7-6-8-10-20)30(27,28)21-12-14-23(24-16-21)25(3)17-19-15-18(2)11-13-22(19)29-4/h6-16H,5,17H2,1-4H3/p+1. The Balaban J connectivity index is 1.83. The Morgan fingerprint density at radius 3 is 2.37 bits per heavy atom. The summed E-state index contributed by atoms with van der Waals surface area (Å²) in [6.07, 6.45) is 1.54. The maximum Gasteiger partial charge on any atom is 0.274 e. The second kappa shape index (κ2) is 9.17. The van der Waals surface area contributed by atoms with Crippen LogP contribution in [0.2, 0.25) is 0 Å². The van der Waals surface area contributed by atoms with E-state index in [0.29, 0.717) is 18.8 Å². The third kappa shape index (κ3) is 4.57. The van der Waals surface area contributed by atoms with Crippen molar-refractivity contribution in [2.75, 3.05) is 29.9 Å². The third-order valence-corrected chi connectivity index (χ3v) is 6.84. The zero-order valence-corrected chi connectivity index (χ0v) is 18.6. The first kappa shape index (κ1) is 21.6. The molecule has 0 bridgehead atoms. The first-order valence-electron chi connectivity index (χ1n) is 9.81. The van der Waals surface area contributed by atoms with Crippen molar-refractivity contribution < 1.29 is 18.1 Å². The molecule has 1 heterocycles. The molecule has 30 heavy (non-hydrogen) atoms. The number of aryl methyl sites for hydroxylation is 1. The Morgan fingerprint density at radius 1 is 1.03 bits per heavy atom. The van der Waals surface area contributed by atoms with E-state index in [9.17, 15) is 8.42 Å². The van der Waals surface area contributed by atoms with Crippen LogP contribution >= 0.6 is 0 Å². The van der Waals surface area contributed by atoms with Gasteiger partial charge in [0.2, 0.25) is 0 Å². The van der Waals surface area contributed by atoms with Gasteiger partial charge in [-0.15, -0.1) is 0 Å². The largest absolute Gasteiger partial charge is 0.496 e. The van der Waals surface area contributed by atoms with Gasteiger partial charge in [0.05, 0.1) is 19.8 Å². The van der Waals surface area contributed by atoms with Gasteiger partial charge in [0, 0.05) is 18.2 Å². The van der Waals surface area contributed by atoms with E-state index in [4.69, 9.17) is 4.74 Å². The Labute approximate surface area is 178 Å². The van der Waals surface area contributed by atoms with Gasteiger partial charge in [0.1, 0.15) is 23.4 Å². The molecule has 0 radical (unpaired) electrons.